The van der Waals surface area contributed by atoms with Crippen LogP contribution in [0.3, 0.4) is 0 Å². The summed E-state index contributed by atoms with van der Waals surface area (Å²) in [4.78, 5) is 53.9. The van der Waals surface area contributed by atoms with Crippen molar-refractivity contribution in [3.8, 4) is 0 Å². The lowest BCUT2D eigenvalue weighted by Gasteiger charge is -2.16. The van der Waals surface area contributed by atoms with Crippen molar-refractivity contribution >= 4 is 52.1 Å². The summed E-state index contributed by atoms with van der Waals surface area (Å²) < 4.78 is 4.65. The van der Waals surface area contributed by atoms with Gasteiger partial charge in [0.15, 0.2) is 5.17 Å². The molecule has 1 fully saturated rings. The SMILES string of the molecule is COC(=O)CCCN1C(=O)[C@H](CC(=O)Nc2ccc(C(=O)[O-])cc2)SC1=Nc1ccccc1. The molecule has 1 heterocycles. The molecule has 0 spiro atoms. The first-order chi connectivity index (χ1) is 15.9. The van der Waals surface area contributed by atoms with Crippen molar-refractivity contribution in [2.75, 3.05) is 19.0 Å². The molecule has 0 aromatic heterocycles. The zero-order chi connectivity index (χ0) is 23.8. The van der Waals surface area contributed by atoms with E-state index in [1.165, 1.54) is 48.0 Å². The lowest BCUT2D eigenvalue weighted by atomic mass is 10.2. The van der Waals surface area contributed by atoms with E-state index in [-0.39, 0.29) is 36.8 Å². The number of carboxylic acids is 1. The number of para-hydroxylation sites is 1. The number of amidine groups is 1. The van der Waals surface area contributed by atoms with Crippen LogP contribution in [0, 0.1) is 0 Å². The summed E-state index contributed by atoms with van der Waals surface area (Å²) in [5.41, 5.74) is 1.08. The third-order valence-corrected chi connectivity index (χ3v) is 5.94. The van der Waals surface area contributed by atoms with Crippen molar-refractivity contribution in [2.24, 2.45) is 4.99 Å². The number of ether oxygens (including phenoxy) is 1. The molecule has 10 heteroatoms. The minimum atomic E-state index is -1.31. The van der Waals surface area contributed by atoms with Crippen LogP contribution in [-0.4, -0.2) is 52.7 Å². The van der Waals surface area contributed by atoms with Crippen LogP contribution in [0.5, 0.6) is 0 Å². The number of aromatic carboxylic acids is 1. The van der Waals surface area contributed by atoms with E-state index in [0.29, 0.717) is 23.0 Å². The van der Waals surface area contributed by atoms with Gasteiger partial charge in [-0.3, -0.25) is 19.3 Å². The molecule has 0 saturated carbocycles. The van der Waals surface area contributed by atoms with Gasteiger partial charge in [-0.25, -0.2) is 4.99 Å². The average Bonchev–Trinajstić information content (AvgIpc) is 3.08. The Morgan fingerprint density at radius 1 is 1.12 bits per heavy atom. The number of nitrogens with one attached hydrogen (secondary N) is 1. The second kappa shape index (κ2) is 11.3. The molecule has 2 aromatic rings. The quantitative estimate of drug-likeness (QED) is 0.557. The van der Waals surface area contributed by atoms with Crippen LogP contribution in [0.1, 0.15) is 29.6 Å². The minimum Gasteiger partial charge on any atom is -0.545 e. The number of hydrogen-bond acceptors (Lipinski definition) is 8. The van der Waals surface area contributed by atoms with Gasteiger partial charge in [-0.05, 0) is 36.2 Å². The van der Waals surface area contributed by atoms with Crippen LogP contribution in [0.4, 0.5) is 11.4 Å². The van der Waals surface area contributed by atoms with Gasteiger partial charge in [-0.15, -0.1) is 0 Å². The molecule has 2 amide bonds. The maximum atomic E-state index is 13.0. The van der Waals surface area contributed by atoms with Gasteiger partial charge in [0.2, 0.25) is 11.8 Å². The smallest absolute Gasteiger partial charge is 0.305 e. The normalized spacial score (nSPS) is 16.6. The van der Waals surface area contributed by atoms with Gasteiger partial charge < -0.3 is 20.0 Å². The molecule has 33 heavy (non-hydrogen) atoms. The third-order valence-electron chi connectivity index (χ3n) is 4.77. The van der Waals surface area contributed by atoms with Gasteiger partial charge in [0.1, 0.15) is 5.25 Å². The zero-order valence-electron chi connectivity index (χ0n) is 17.9. The summed E-state index contributed by atoms with van der Waals surface area (Å²) in [5, 5.41) is 13.3. The maximum absolute atomic E-state index is 13.0. The first-order valence-corrected chi connectivity index (χ1v) is 11.0. The predicted octanol–water partition coefficient (Wildman–Crippen LogP) is 1.96. The fourth-order valence-corrected chi connectivity index (χ4v) is 4.28. The standard InChI is InChI=1S/C23H23N3O6S/c1-32-20(28)8-5-13-26-21(29)18(33-23(26)25-16-6-3-2-4-7-16)14-19(27)24-17-11-9-15(10-12-17)22(30)31/h2-4,6-7,9-12,18H,5,8,13-14H2,1H3,(H,24,27)(H,30,31)/p-1/t18-/m0/s1. The molecular formula is C23H22N3O6S-. The summed E-state index contributed by atoms with van der Waals surface area (Å²) in [6, 6.07) is 14.7. The number of carboxylic acid groups (broad SMARTS) is 1. The first-order valence-electron chi connectivity index (χ1n) is 10.2. The number of carbonyl (C=O) groups excluding carboxylic acids is 4. The zero-order valence-corrected chi connectivity index (χ0v) is 18.7. The predicted molar refractivity (Wildman–Crippen MR) is 122 cm³/mol. The molecule has 2 aromatic carbocycles. The molecular weight excluding hydrogens is 446 g/mol. The number of anilines is 1. The number of aliphatic imine (C=N–C) groups is 1. The molecule has 1 atom stereocenters. The highest BCUT2D eigenvalue weighted by atomic mass is 32.2. The number of rotatable bonds is 9. The summed E-state index contributed by atoms with van der Waals surface area (Å²) in [5.74, 6) is -2.32. The van der Waals surface area contributed by atoms with E-state index in [1.54, 1.807) is 12.1 Å². The first kappa shape index (κ1) is 24.0. The van der Waals surface area contributed by atoms with E-state index in [0.717, 1.165) is 0 Å². The molecule has 1 aliphatic heterocycles. The van der Waals surface area contributed by atoms with Gasteiger partial charge in [-0.1, -0.05) is 42.1 Å². The van der Waals surface area contributed by atoms with Crippen molar-refractivity contribution in [1.82, 2.24) is 4.90 Å². The maximum Gasteiger partial charge on any atom is 0.305 e. The van der Waals surface area contributed by atoms with Crippen LogP contribution in [0.2, 0.25) is 0 Å². The largest absolute Gasteiger partial charge is 0.545 e. The lowest BCUT2D eigenvalue weighted by molar-refractivity contribution is -0.255. The van der Waals surface area contributed by atoms with Crippen LogP contribution in [0.25, 0.3) is 0 Å². The molecule has 0 aliphatic carbocycles. The fraction of sp³-hybridized carbons (Fsp3) is 0.261. The van der Waals surface area contributed by atoms with Gasteiger partial charge in [0.05, 0.1) is 18.8 Å². The van der Waals surface area contributed by atoms with E-state index in [1.807, 2.05) is 18.2 Å². The number of thioether (sulfide) groups is 1. The van der Waals surface area contributed by atoms with E-state index in [9.17, 15) is 24.3 Å². The summed E-state index contributed by atoms with van der Waals surface area (Å²) >= 11 is 1.19. The van der Waals surface area contributed by atoms with Crippen molar-refractivity contribution in [2.45, 2.75) is 24.5 Å². The highest BCUT2D eigenvalue weighted by Crippen LogP contribution is 2.32. The van der Waals surface area contributed by atoms with Crippen LogP contribution >= 0.6 is 11.8 Å². The minimum absolute atomic E-state index is 0.00103. The molecule has 1 N–H and O–H groups in total. The van der Waals surface area contributed by atoms with E-state index >= 15 is 0 Å². The molecule has 3 rings (SSSR count). The van der Waals surface area contributed by atoms with E-state index in [4.69, 9.17) is 0 Å². The van der Waals surface area contributed by atoms with Crippen molar-refractivity contribution in [1.29, 1.82) is 0 Å². The van der Waals surface area contributed by atoms with E-state index < -0.39 is 17.1 Å². The van der Waals surface area contributed by atoms with Crippen LogP contribution in [0.15, 0.2) is 59.6 Å². The summed E-state index contributed by atoms with van der Waals surface area (Å²) in [6.45, 7) is 0.273. The third kappa shape index (κ3) is 6.66. The molecule has 9 nitrogen and oxygen atoms in total. The Hall–Kier alpha value is -3.66. The molecule has 1 aliphatic rings. The Kier molecular flexibility index (Phi) is 8.20. The molecule has 0 bridgehead atoms. The number of amides is 2. The Morgan fingerprint density at radius 2 is 1.82 bits per heavy atom. The monoisotopic (exact) mass is 468 g/mol. The Balaban J connectivity index is 1.68. The number of nitrogens with zero attached hydrogens (tertiary/aromatic N) is 2. The average molecular weight is 469 g/mol. The Morgan fingerprint density at radius 3 is 2.45 bits per heavy atom. The Labute approximate surface area is 194 Å². The molecule has 1 saturated heterocycles. The van der Waals surface area contributed by atoms with Gasteiger partial charge in [-0.2, -0.15) is 0 Å². The number of methoxy groups -OCH3 is 1. The number of hydrogen-bond donors (Lipinski definition) is 1. The Bertz CT molecular complexity index is 1060. The van der Waals surface area contributed by atoms with Crippen molar-refractivity contribution in [3.05, 3.63) is 60.2 Å². The molecule has 0 unspecified atom stereocenters. The number of benzene rings is 2. The van der Waals surface area contributed by atoms with E-state index in [2.05, 4.69) is 15.0 Å². The van der Waals surface area contributed by atoms with Crippen molar-refractivity contribution in [3.63, 3.8) is 0 Å². The molecule has 172 valence electrons. The summed E-state index contributed by atoms with van der Waals surface area (Å²) in [7, 11) is 1.31. The topological polar surface area (TPSA) is 128 Å². The van der Waals surface area contributed by atoms with Gasteiger partial charge in [0, 0.05) is 25.1 Å². The van der Waals surface area contributed by atoms with Crippen molar-refractivity contribution < 1.29 is 29.0 Å². The summed E-state index contributed by atoms with van der Waals surface area (Å²) in [6.07, 6.45) is 0.472. The second-order valence-corrected chi connectivity index (χ2v) is 8.29. The lowest BCUT2D eigenvalue weighted by Crippen LogP contribution is -2.34. The fourth-order valence-electron chi connectivity index (χ4n) is 3.10. The van der Waals surface area contributed by atoms with Crippen LogP contribution < -0.4 is 10.4 Å². The second-order valence-electron chi connectivity index (χ2n) is 7.12. The number of carbonyl (C=O) groups is 4. The molecule has 0 radical (unpaired) electrons. The van der Waals surface area contributed by atoms with Gasteiger partial charge in [0.25, 0.3) is 0 Å². The van der Waals surface area contributed by atoms with Gasteiger partial charge >= 0.3 is 5.97 Å². The number of esters is 1. The van der Waals surface area contributed by atoms with Crippen LogP contribution in [-0.2, 0) is 19.1 Å². The highest BCUT2D eigenvalue weighted by Gasteiger charge is 2.39. The highest BCUT2D eigenvalue weighted by molar-refractivity contribution is 8.15.